The molecule has 0 radical (unpaired) electrons. The molecule has 3 aliphatic rings. The van der Waals surface area contributed by atoms with Crippen molar-refractivity contribution in [3.8, 4) is 0 Å². The SMILES string of the molecule is O=C1CCC(N2C(=O)C3=C(C2=O)c2ccccc2CC3)C(=O)N1. The monoisotopic (exact) mass is 310 g/mol. The fourth-order valence-electron chi connectivity index (χ4n) is 3.56. The lowest BCUT2D eigenvalue weighted by Crippen LogP contribution is -2.54. The van der Waals surface area contributed by atoms with Gasteiger partial charge in [0.15, 0.2) is 0 Å². The highest BCUT2D eigenvalue weighted by Crippen LogP contribution is 2.39. The van der Waals surface area contributed by atoms with E-state index in [2.05, 4.69) is 5.32 Å². The van der Waals surface area contributed by atoms with E-state index in [4.69, 9.17) is 0 Å². The van der Waals surface area contributed by atoms with Crippen molar-refractivity contribution in [2.75, 3.05) is 0 Å². The van der Waals surface area contributed by atoms with Crippen molar-refractivity contribution >= 4 is 29.2 Å². The summed E-state index contributed by atoms with van der Waals surface area (Å²) in [6, 6.07) is 6.63. The van der Waals surface area contributed by atoms with Crippen molar-refractivity contribution < 1.29 is 19.2 Å². The molecule has 1 saturated heterocycles. The molecule has 1 aliphatic carbocycles. The molecule has 0 spiro atoms. The minimum atomic E-state index is -0.898. The molecular formula is C17H14N2O4. The van der Waals surface area contributed by atoms with Crippen LogP contribution in [0.2, 0.25) is 0 Å². The van der Waals surface area contributed by atoms with Crippen molar-refractivity contribution in [2.45, 2.75) is 31.7 Å². The summed E-state index contributed by atoms with van der Waals surface area (Å²) in [6.07, 6.45) is 1.52. The molecule has 2 aliphatic heterocycles. The Labute approximate surface area is 132 Å². The summed E-state index contributed by atoms with van der Waals surface area (Å²) < 4.78 is 0. The number of benzene rings is 1. The summed E-state index contributed by atoms with van der Waals surface area (Å²) in [5.41, 5.74) is 2.72. The second-order valence-electron chi connectivity index (χ2n) is 5.96. The van der Waals surface area contributed by atoms with E-state index in [1.165, 1.54) is 0 Å². The van der Waals surface area contributed by atoms with E-state index in [0.29, 0.717) is 24.0 Å². The lowest BCUT2D eigenvalue weighted by atomic mass is 9.87. The Morgan fingerprint density at radius 2 is 1.74 bits per heavy atom. The minimum absolute atomic E-state index is 0.134. The van der Waals surface area contributed by atoms with E-state index in [0.717, 1.165) is 16.0 Å². The Morgan fingerprint density at radius 3 is 2.52 bits per heavy atom. The Kier molecular flexibility index (Phi) is 2.94. The number of amides is 4. The van der Waals surface area contributed by atoms with Crippen molar-refractivity contribution in [1.82, 2.24) is 10.2 Å². The maximum atomic E-state index is 12.8. The van der Waals surface area contributed by atoms with Gasteiger partial charge in [-0.1, -0.05) is 24.3 Å². The van der Waals surface area contributed by atoms with Gasteiger partial charge >= 0.3 is 0 Å². The fraction of sp³-hybridized carbons (Fsp3) is 0.294. The third-order valence-corrected chi connectivity index (χ3v) is 4.66. The van der Waals surface area contributed by atoms with Crippen molar-refractivity contribution in [2.24, 2.45) is 0 Å². The van der Waals surface area contributed by atoms with Crippen LogP contribution in [0, 0.1) is 0 Å². The second kappa shape index (κ2) is 4.87. The van der Waals surface area contributed by atoms with Crippen molar-refractivity contribution in [3.63, 3.8) is 0 Å². The van der Waals surface area contributed by atoms with Gasteiger partial charge in [-0.25, -0.2) is 0 Å². The number of carbonyl (C=O) groups excluding carboxylic acids is 4. The topological polar surface area (TPSA) is 83.6 Å². The number of imide groups is 2. The van der Waals surface area contributed by atoms with Crippen LogP contribution in [-0.2, 0) is 25.6 Å². The second-order valence-corrected chi connectivity index (χ2v) is 5.96. The number of hydrogen-bond acceptors (Lipinski definition) is 4. The van der Waals surface area contributed by atoms with Crippen LogP contribution in [-0.4, -0.2) is 34.6 Å². The number of nitrogens with one attached hydrogen (secondary N) is 1. The van der Waals surface area contributed by atoms with E-state index in [9.17, 15) is 19.2 Å². The molecule has 6 heteroatoms. The van der Waals surface area contributed by atoms with Crippen LogP contribution in [0.3, 0.4) is 0 Å². The zero-order valence-corrected chi connectivity index (χ0v) is 12.3. The zero-order valence-electron chi connectivity index (χ0n) is 12.3. The predicted octanol–water partition coefficient (Wildman–Crippen LogP) is 0.560. The van der Waals surface area contributed by atoms with Crippen LogP contribution >= 0.6 is 0 Å². The highest BCUT2D eigenvalue weighted by Gasteiger charge is 2.47. The van der Waals surface area contributed by atoms with E-state index in [1.807, 2.05) is 24.3 Å². The van der Waals surface area contributed by atoms with Crippen LogP contribution in [0.4, 0.5) is 0 Å². The molecule has 1 aromatic carbocycles. The zero-order chi connectivity index (χ0) is 16.1. The summed E-state index contributed by atoms with van der Waals surface area (Å²) in [5.74, 6) is -1.76. The number of aryl methyl sites for hydroxylation is 1. The number of carbonyl (C=O) groups is 4. The van der Waals surface area contributed by atoms with Gasteiger partial charge in [0.2, 0.25) is 11.8 Å². The van der Waals surface area contributed by atoms with Gasteiger partial charge in [0.1, 0.15) is 6.04 Å². The third kappa shape index (κ3) is 1.94. The normalized spacial score (nSPS) is 23.8. The molecule has 0 bridgehead atoms. The first-order valence-electron chi connectivity index (χ1n) is 7.61. The average molecular weight is 310 g/mol. The number of fused-ring (bicyclic) bond motifs is 2. The van der Waals surface area contributed by atoms with Gasteiger partial charge in [0.25, 0.3) is 11.8 Å². The first-order chi connectivity index (χ1) is 11.1. The van der Waals surface area contributed by atoms with Crippen molar-refractivity contribution in [3.05, 3.63) is 41.0 Å². The molecule has 23 heavy (non-hydrogen) atoms. The summed E-state index contributed by atoms with van der Waals surface area (Å²) in [5, 5.41) is 2.21. The molecule has 4 amide bonds. The lowest BCUT2D eigenvalue weighted by Gasteiger charge is -2.28. The molecular weight excluding hydrogens is 296 g/mol. The molecule has 116 valence electrons. The minimum Gasteiger partial charge on any atom is -0.295 e. The number of hydrogen-bond donors (Lipinski definition) is 1. The molecule has 6 nitrogen and oxygen atoms in total. The van der Waals surface area contributed by atoms with Crippen LogP contribution in [0.5, 0.6) is 0 Å². The van der Waals surface area contributed by atoms with Gasteiger partial charge in [0.05, 0.1) is 5.57 Å². The summed E-state index contributed by atoms with van der Waals surface area (Å²) in [4.78, 5) is 49.8. The van der Waals surface area contributed by atoms with Gasteiger partial charge in [-0.05, 0) is 30.4 Å². The molecule has 1 N–H and O–H groups in total. The first kappa shape index (κ1) is 13.9. The average Bonchev–Trinajstić information content (AvgIpc) is 2.80. The van der Waals surface area contributed by atoms with E-state index in [-0.39, 0.29) is 18.7 Å². The van der Waals surface area contributed by atoms with Gasteiger partial charge in [-0.3, -0.25) is 29.4 Å². The summed E-state index contributed by atoms with van der Waals surface area (Å²) >= 11 is 0. The van der Waals surface area contributed by atoms with Crippen LogP contribution in [0.15, 0.2) is 29.8 Å². The molecule has 4 rings (SSSR count). The van der Waals surface area contributed by atoms with Gasteiger partial charge in [0, 0.05) is 12.0 Å². The Bertz CT molecular complexity index is 809. The van der Waals surface area contributed by atoms with E-state index in [1.54, 1.807) is 0 Å². The fourth-order valence-corrected chi connectivity index (χ4v) is 3.56. The Hall–Kier alpha value is -2.76. The van der Waals surface area contributed by atoms with Gasteiger partial charge in [-0.2, -0.15) is 0 Å². The smallest absolute Gasteiger partial charge is 0.262 e. The molecule has 1 atom stereocenters. The van der Waals surface area contributed by atoms with Gasteiger partial charge in [-0.15, -0.1) is 0 Å². The maximum Gasteiger partial charge on any atom is 0.262 e. The standard InChI is InChI=1S/C17H14N2O4/c20-13-8-7-12(15(21)18-13)19-16(22)11-6-5-9-3-1-2-4-10(9)14(11)17(19)23/h1-4,12H,5-8H2,(H,18,20,21). The van der Waals surface area contributed by atoms with E-state index < -0.39 is 23.8 Å². The quantitative estimate of drug-likeness (QED) is 0.768. The number of nitrogens with zero attached hydrogens (tertiary/aromatic N) is 1. The number of rotatable bonds is 1. The molecule has 0 aromatic heterocycles. The highest BCUT2D eigenvalue weighted by molar-refractivity contribution is 6.37. The first-order valence-corrected chi connectivity index (χ1v) is 7.61. The Balaban J connectivity index is 1.73. The molecule has 0 saturated carbocycles. The molecule has 1 unspecified atom stereocenters. The molecule has 2 heterocycles. The van der Waals surface area contributed by atoms with Crippen LogP contribution in [0.25, 0.3) is 5.57 Å². The van der Waals surface area contributed by atoms with Crippen molar-refractivity contribution in [1.29, 1.82) is 0 Å². The lowest BCUT2D eigenvalue weighted by molar-refractivity contribution is -0.149. The molecule has 1 aromatic rings. The predicted molar refractivity (Wildman–Crippen MR) is 79.7 cm³/mol. The third-order valence-electron chi connectivity index (χ3n) is 4.66. The summed E-state index contributed by atoms with van der Waals surface area (Å²) in [7, 11) is 0. The van der Waals surface area contributed by atoms with E-state index >= 15 is 0 Å². The van der Waals surface area contributed by atoms with Gasteiger partial charge < -0.3 is 0 Å². The largest absolute Gasteiger partial charge is 0.295 e. The van der Waals surface area contributed by atoms with Crippen LogP contribution < -0.4 is 5.32 Å². The molecule has 1 fully saturated rings. The summed E-state index contributed by atoms with van der Waals surface area (Å²) in [6.45, 7) is 0. The Morgan fingerprint density at radius 1 is 0.957 bits per heavy atom. The van der Waals surface area contributed by atoms with Crippen LogP contribution in [0.1, 0.15) is 30.4 Å². The maximum absolute atomic E-state index is 12.8. The highest BCUT2D eigenvalue weighted by atomic mass is 16.2. The number of piperidine rings is 1.